The number of halogens is 1. The molecule has 0 atom stereocenters. The van der Waals surface area contributed by atoms with Gasteiger partial charge in [0.05, 0.1) is 26.3 Å². The third-order valence-electron chi connectivity index (χ3n) is 4.32. The van der Waals surface area contributed by atoms with Crippen LogP contribution < -0.4 is 10.6 Å². The highest BCUT2D eigenvalue weighted by Gasteiger charge is 2.27. The van der Waals surface area contributed by atoms with Crippen molar-refractivity contribution in [2.24, 2.45) is 4.99 Å². The van der Waals surface area contributed by atoms with Gasteiger partial charge in [-0.2, -0.15) is 4.31 Å². The van der Waals surface area contributed by atoms with Crippen molar-refractivity contribution in [1.29, 1.82) is 0 Å². The van der Waals surface area contributed by atoms with E-state index in [1.165, 1.54) is 26.1 Å². The molecule has 7 nitrogen and oxygen atoms in total. The summed E-state index contributed by atoms with van der Waals surface area (Å²) in [7, 11) is -3.44. The Bertz CT molecular complexity index is 905. The van der Waals surface area contributed by atoms with E-state index < -0.39 is 10.0 Å². The minimum Gasteiger partial charge on any atom is -0.379 e. The number of aryl methyl sites for hydroxylation is 1. The minimum atomic E-state index is -3.44. The SMILES string of the molecule is CCNC(=NCc1ccc(S(=O)(=O)N2CCOCC2)s1)NCc1sccc1C.I. The van der Waals surface area contributed by atoms with Crippen LogP contribution in [0.25, 0.3) is 0 Å². The van der Waals surface area contributed by atoms with Gasteiger partial charge in [0, 0.05) is 29.4 Å². The lowest BCUT2D eigenvalue weighted by Gasteiger charge is -2.25. The van der Waals surface area contributed by atoms with Crippen LogP contribution in [0.2, 0.25) is 0 Å². The molecule has 2 N–H and O–H groups in total. The van der Waals surface area contributed by atoms with Crippen molar-refractivity contribution in [3.8, 4) is 0 Å². The van der Waals surface area contributed by atoms with Crippen LogP contribution >= 0.6 is 46.7 Å². The fraction of sp³-hybridized carbons (Fsp3) is 0.500. The maximum atomic E-state index is 12.7. The van der Waals surface area contributed by atoms with Gasteiger partial charge < -0.3 is 15.4 Å². The average Bonchev–Trinajstić information content (AvgIpc) is 3.34. The molecule has 2 aromatic rings. The van der Waals surface area contributed by atoms with E-state index in [2.05, 4.69) is 34.0 Å². The molecule has 0 aliphatic carbocycles. The van der Waals surface area contributed by atoms with E-state index in [0.29, 0.717) is 37.1 Å². The molecule has 0 unspecified atom stereocenters. The molecular formula is C18H27IN4O3S3. The first-order valence-electron chi connectivity index (χ1n) is 9.22. The van der Waals surface area contributed by atoms with Crippen LogP contribution in [0.15, 0.2) is 32.8 Å². The Hall–Kier alpha value is -0.730. The standard InChI is InChI=1S/C18H26N4O3S3.HI/c1-3-19-18(21-13-16-14(2)6-11-26-16)20-12-15-4-5-17(27-15)28(23,24)22-7-9-25-10-8-22;/h4-6,11H,3,7-10,12-13H2,1-2H3,(H2,19,20,21);1H. The van der Waals surface area contributed by atoms with Crippen molar-refractivity contribution in [3.05, 3.63) is 38.9 Å². The van der Waals surface area contributed by atoms with Crippen LogP contribution in [0.4, 0.5) is 0 Å². The molecule has 0 saturated carbocycles. The maximum absolute atomic E-state index is 12.7. The lowest BCUT2D eigenvalue weighted by Crippen LogP contribution is -2.40. The van der Waals surface area contributed by atoms with Gasteiger partial charge in [-0.05, 0) is 43.0 Å². The number of guanidine groups is 1. The highest BCUT2D eigenvalue weighted by molar-refractivity contribution is 14.0. The number of hydrogen-bond acceptors (Lipinski definition) is 6. The first-order chi connectivity index (χ1) is 13.5. The van der Waals surface area contributed by atoms with Gasteiger partial charge in [0.15, 0.2) is 5.96 Å². The maximum Gasteiger partial charge on any atom is 0.252 e. The number of nitrogens with one attached hydrogen (secondary N) is 2. The van der Waals surface area contributed by atoms with E-state index >= 15 is 0 Å². The van der Waals surface area contributed by atoms with E-state index in [1.807, 2.05) is 13.0 Å². The second-order valence-electron chi connectivity index (χ2n) is 6.31. The molecule has 162 valence electrons. The van der Waals surface area contributed by atoms with Crippen LogP contribution in [-0.2, 0) is 27.8 Å². The fourth-order valence-corrected chi connectivity index (χ4v) is 6.43. The lowest BCUT2D eigenvalue weighted by atomic mass is 10.3. The fourth-order valence-electron chi connectivity index (χ4n) is 2.74. The smallest absolute Gasteiger partial charge is 0.252 e. The zero-order valence-corrected chi connectivity index (χ0v) is 21.3. The Kier molecular flexibility index (Phi) is 9.82. The predicted octanol–water partition coefficient (Wildman–Crippen LogP) is 3.01. The van der Waals surface area contributed by atoms with E-state index in [1.54, 1.807) is 17.4 Å². The molecule has 3 rings (SSSR count). The summed E-state index contributed by atoms with van der Waals surface area (Å²) in [6.45, 7) is 7.74. The summed E-state index contributed by atoms with van der Waals surface area (Å²) in [5, 5.41) is 8.65. The van der Waals surface area contributed by atoms with Crippen molar-refractivity contribution in [2.45, 2.75) is 31.1 Å². The van der Waals surface area contributed by atoms with Crippen LogP contribution in [0.3, 0.4) is 0 Å². The lowest BCUT2D eigenvalue weighted by molar-refractivity contribution is 0.0731. The van der Waals surface area contributed by atoms with Crippen LogP contribution in [0.1, 0.15) is 22.2 Å². The normalized spacial score (nSPS) is 15.7. The Morgan fingerprint density at radius 1 is 1.24 bits per heavy atom. The van der Waals surface area contributed by atoms with Crippen molar-refractivity contribution >= 4 is 62.6 Å². The molecule has 1 fully saturated rings. The first-order valence-corrected chi connectivity index (χ1v) is 12.4. The first kappa shape index (κ1) is 24.5. The summed E-state index contributed by atoms with van der Waals surface area (Å²) >= 11 is 3.00. The minimum absolute atomic E-state index is 0. The number of rotatable bonds is 7. The van der Waals surface area contributed by atoms with E-state index in [0.717, 1.165) is 23.9 Å². The number of aliphatic imine (C=N–C) groups is 1. The Morgan fingerprint density at radius 3 is 2.66 bits per heavy atom. The molecule has 2 aromatic heterocycles. The quantitative estimate of drug-likeness (QED) is 0.304. The largest absolute Gasteiger partial charge is 0.379 e. The number of hydrogen-bond donors (Lipinski definition) is 2. The molecule has 1 aliphatic heterocycles. The second kappa shape index (κ2) is 11.6. The van der Waals surface area contributed by atoms with Gasteiger partial charge in [-0.25, -0.2) is 13.4 Å². The highest BCUT2D eigenvalue weighted by Crippen LogP contribution is 2.26. The van der Waals surface area contributed by atoms with Gasteiger partial charge >= 0.3 is 0 Å². The Morgan fingerprint density at radius 2 is 2.00 bits per heavy atom. The van der Waals surface area contributed by atoms with Crippen molar-refractivity contribution in [3.63, 3.8) is 0 Å². The molecule has 0 spiro atoms. The molecule has 11 heteroatoms. The molecule has 0 radical (unpaired) electrons. The zero-order valence-electron chi connectivity index (χ0n) is 16.5. The molecule has 3 heterocycles. The summed E-state index contributed by atoms with van der Waals surface area (Å²) in [5.74, 6) is 0.723. The average molecular weight is 571 g/mol. The van der Waals surface area contributed by atoms with Gasteiger partial charge in [0.2, 0.25) is 0 Å². The number of sulfonamides is 1. The molecule has 1 saturated heterocycles. The molecule has 29 heavy (non-hydrogen) atoms. The van der Waals surface area contributed by atoms with E-state index in [-0.39, 0.29) is 24.0 Å². The monoisotopic (exact) mass is 570 g/mol. The predicted molar refractivity (Wildman–Crippen MR) is 130 cm³/mol. The molecule has 0 aromatic carbocycles. The molecule has 0 bridgehead atoms. The van der Waals surface area contributed by atoms with Crippen molar-refractivity contribution < 1.29 is 13.2 Å². The van der Waals surface area contributed by atoms with Gasteiger partial charge in [0.25, 0.3) is 10.0 Å². The summed E-state index contributed by atoms with van der Waals surface area (Å²) in [4.78, 5) is 6.79. The number of morpholine rings is 1. The summed E-state index contributed by atoms with van der Waals surface area (Å²) in [6, 6.07) is 5.62. The van der Waals surface area contributed by atoms with Gasteiger partial charge in [0.1, 0.15) is 4.21 Å². The Balaban J connectivity index is 0.00000300. The van der Waals surface area contributed by atoms with Crippen LogP contribution in [0.5, 0.6) is 0 Å². The third kappa shape index (κ3) is 6.62. The van der Waals surface area contributed by atoms with Gasteiger partial charge in [-0.1, -0.05) is 0 Å². The van der Waals surface area contributed by atoms with E-state index in [4.69, 9.17) is 4.74 Å². The van der Waals surface area contributed by atoms with Crippen LogP contribution in [0, 0.1) is 6.92 Å². The highest BCUT2D eigenvalue weighted by atomic mass is 127. The Labute approximate surface area is 197 Å². The molecule has 1 aliphatic rings. The molecule has 0 amide bonds. The summed E-state index contributed by atoms with van der Waals surface area (Å²) < 4.78 is 32.6. The number of nitrogens with zero attached hydrogens (tertiary/aromatic N) is 2. The zero-order chi connectivity index (χ0) is 20.0. The topological polar surface area (TPSA) is 83.0 Å². The van der Waals surface area contributed by atoms with Crippen molar-refractivity contribution in [2.75, 3.05) is 32.8 Å². The summed E-state index contributed by atoms with van der Waals surface area (Å²) in [6.07, 6.45) is 0. The van der Waals surface area contributed by atoms with E-state index in [9.17, 15) is 8.42 Å². The third-order valence-corrected chi connectivity index (χ3v) is 8.78. The molecular weight excluding hydrogens is 543 g/mol. The van der Waals surface area contributed by atoms with Gasteiger partial charge in [-0.15, -0.1) is 46.7 Å². The summed E-state index contributed by atoms with van der Waals surface area (Å²) in [5.41, 5.74) is 1.27. The van der Waals surface area contributed by atoms with Crippen molar-refractivity contribution in [1.82, 2.24) is 14.9 Å². The van der Waals surface area contributed by atoms with Crippen LogP contribution in [-0.4, -0.2) is 51.5 Å². The number of ether oxygens (including phenoxy) is 1. The number of thiophene rings is 2. The van der Waals surface area contributed by atoms with Gasteiger partial charge in [-0.3, -0.25) is 0 Å². The second-order valence-corrected chi connectivity index (χ2v) is 10.6.